The molecule has 2 aromatic rings. The number of carbonyl (C=O) groups excluding carboxylic acids is 2. The van der Waals surface area contributed by atoms with Gasteiger partial charge in [-0.15, -0.1) is 0 Å². The van der Waals surface area contributed by atoms with Gasteiger partial charge in [-0.3, -0.25) is 9.59 Å². The lowest BCUT2D eigenvalue weighted by atomic mass is 10.1. The summed E-state index contributed by atoms with van der Waals surface area (Å²) in [6.07, 6.45) is 0. The smallest absolute Gasteiger partial charge is 0.277 e. The first-order valence-electron chi connectivity index (χ1n) is 9.88. The molecule has 7 heteroatoms. The number of quaternary nitrogens is 1. The number of para-hydroxylation sites is 2. The molecule has 7 nitrogen and oxygen atoms in total. The number of hydrogen-bond donors (Lipinski definition) is 2. The fraction of sp³-hybridized carbons (Fsp3) is 0.391. The van der Waals surface area contributed by atoms with Crippen molar-refractivity contribution in [2.45, 2.75) is 20.4 Å². The van der Waals surface area contributed by atoms with E-state index in [0.29, 0.717) is 18.0 Å². The fourth-order valence-corrected chi connectivity index (χ4v) is 3.37. The molecule has 0 heterocycles. The molecule has 2 aromatic carbocycles. The number of rotatable bonds is 9. The first-order valence-corrected chi connectivity index (χ1v) is 9.88. The number of anilines is 1. The molecule has 0 radical (unpaired) electrons. The number of nitrogens with zero attached hydrogens (tertiary/aromatic N) is 1. The topological polar surface area (TPSA) is 72.3 Å². The highest BCUT2D eigenvalue weighted by Crippen LogP contribution is 2.30. The van der Waals surface area contributed by atoms with Gasteiger partial charge in [0.15, 0.2) is 18.0 Å². The van der Waals surface area contributed by atoms with Crippen molar-refractivity contribution in [3.8, 4) is 11.5 Å². The van der Waals surface area contributed by atoms with E-state index in [-0.39, 0.29) is 24.9 Å². The van der Waals surface area contributed by atoms with Crippen molar-refractivity contribution in [2.75, 3.05) is 46.7 Å². The van der Waals surface area contributed by atoms with Crippen molar-refractivity contribution in [1.29, 1.82) is 0 Å². The van der Waals surface area contributed by atoms with E-state index >= 15 is 0 Å². The van der Waals surface area contributed by atoms with Crippen LogP contribution in [0.2, 0.25) is 0 Å². The molecule has 0 aliphatic rings. The third-order valence-corrected chi connectivity index (χ3v) is 4.98. The minimum Gasteiger partial charge on any atom is -0.493 e. The Morgan fingerprint density at radius 2 is 1.67 bits per heavy atom. The number of methoxy groups -OCH3 is 2. The molecule has 30 heavy (non-hydrogen) atoms. The van der Waals surface area contributed by atoms with Gasteiger partial charge in [0.05, 0.1) is 33.4 Å². The maximum Gasteiger partial charge on any atom is 0.277 e. The Bertz CT molecular complexity index is 878. The molecule has 0 spiro atoms. The van der Waals surface area contributed by atoms with E-state index in [2.05, 4.69) is 5.32 Å². The van der Waals surface area contributed by atoms with Crippen molar-refractivity contribution in [3.63, 3.8) is 0 Å². The normalized spacial score (nSPS) is 11.5. The molecule has 2 rings (SSSR count). The van der Waals surface area contributed by atoms with Crippen molar-refractivity contribution < 1.29 is 24.0 Å². The van der Waals surface area contributed by atoms with E-state index in [1.807, 2.05) is 57.3 Å². The van der Waals surface area contributed by atoms with Gasteiger partial charge in [-0.1, -0.05) is 24.3 Å². The van der Waals surface area contributed by atoms with Crippen LogP contribution in [0, 0.1) is 13.8 Å². The minimum absolute atomic E-state index is 0.00235. The summed E-state index contributed by atoms with van der Waals surface area (Å²) in [5.41, 5.74) is 3.75. The lowest BCUT2D eigenvalue weighted by Crippen LogP contribution is -3.08. The number of likely N-dealkylation sites (N-methyl/N-ethyl adjacent to an activating group) is 2. The maximum atomic E-state index is 12.6. The predicted octanol–water partition coefficient (Wildman–Crippen LogP) is 1.43. The summed E-state index contributed by atoms with van der Waals surface area (Å²) in [5.74, 6) is 1.02. The molecule has 0 aromatic heterocycles. The van der Waals surface area contributed by atoms with Gasteiger partial charge in [-0.05, 0) is 37.1 Å². The summed E-state index contributed by atoms with van der Waals surface area (Å²) >= 11 is 0. The van der Waals surface area contributed by atoms with Crippen LogP contribution in [0.25, 0.3) is 0 Å². The molecule has 0 saturated heterocycles. The highest BCUT2D eigenvalue weighted by Gasteiger charge is 2.20. The van der Waals surface area contributed by atoms with Crippen LogP contribution in [0.15, 0.2) is 36.4 Å². The third-order valence-electron chi connectivity index (χ3n) is 4.98. The third kappa shape index (κ3) is 5.97. The number of amides is 2. The van der Waals surface area contributed by atoms with Gasteiger partial charge in [0.1, 0.15) is 6.54 Å². The van der Waals surface area contributed by atoms with Gasteiger partial charge < -0.3 is 24.6 Å². The van der Waals surface area contributed by atoms with Gasteiger partial charge in [0.2, 0.25) is 5.91 Å². The second-order valence-corrected chi connectivity index (χ2v) is 7.53. The van der Waals surface area contributed by atoms with E-state index in [9.17, 15) is 9.59 Å². The number of benzene rings is 2. The number of ether oxygens (including phenoxy) is 2. The predicted molar refractivity (Wildman–Crippen MR) is 117 cm³/mol. The fourth-order valence-electron chi connectivity index (χ4n) is 3.37. The first kappa shape index (κ1) is 23.2. The number of aryl methyl sites for hydroxylation is 2. The van der Waals surface area contributed by atoms with E-state index in [4.69, 9.17) is 9.47 Å². The van der Waals surface area contributed by atoms with E-state index in [1.165, 1.54) is 4.90 Å². The molecule has 0 aliphatic heterocycles. The second kappa shape index (κ2) is 10.6. The Kier molecular flexibility index (Phi) is 8.24. The Morgan fingerprint density at radius 1 is 1.03 bits per heavy atom. The summed E-state index contributed by atoms with van der Waals surface area (Å²) in [6.45, 7) is 4.75. The zero-order valence-electron chi connectivity index (χ0n) is 18.7. The summed E-state index contributed by atoms with van der Waals surface area (Å²) in [5, 5.41) is 2.92. The first-order chi connectivity index (χ1) is 14.3. The van der Waals surface area contributed by atoms with Crippen molar-refractivity contribution in [2.24, 2.45) is 0 Å². The molecule has 0 saturated carbocycles. The zero-order valence-corrected chi connectivity index (χ0v) is 18.7. The highest BCUT2D eigenvalue weighted by atomic mass is 16.5. The molecule has 0 fully saturated rings. The second-order valence-electron chi connectivity index (χ2n) is 7.53. The van der Waals surface area contributed by atoms with Crippen molar-refractivity contribution >= 4 is 17.5 Å². The zero-order chi connectivity index (χ0) is 22.3. The average Bonchev–Trinajstić information content (AvgIpc) is 2.70. The Balaban J connectivity index is 1.93. The highest BCUT2D eigenvalue weighted by molar-refractivity contribution is 5.95. The van der Waals surface area contributed by atoms with E-state index in [0.717, 1.165) is 27.3 Å². The Morgan fingerprint density at radius 3 is 2.27 bits per heavy atom. The number of nitrogens with one attached hydrogen (secondary N) is 2. The molecule has 1 atom stereocenters. The molecular formula is C23H32N3O4+. The van der Waals surface area contributed by atoms with Gasteiger partial charge in [0.25, 0.3) is 5.91 Å². The van der Waals surface area contributed by atoms with Crippen molar-refractivity contribution in [3.05, 3.63) is 53.1 Å². The maximum absolute atomic E-state index is 12.6. The number of hydrogen-bond acceptors (Lipinski definition) is 4. The van der Waals surface area contributed by atoms with Crippen LogP contribution in [0.1, 0.15) is 16.7 Å². The Labute approximate surface area is 178 Å². The van der Waals surface area contributed by atoms with Crippen molar-refractivity contribution in [1.82, 2.24) is 4.90 Å². The van der Waals surface area contributed by atoms with Gasteiger partial charge in [-0.2, -0.15) is 0 Å². The molecule has 0 aliphatic carbocycles. The molecule has 0 bridgehead atoms. The molecule has 2 amide bonds. The summed E-state index contributed by atoms with van der Waals surface area (Å²) < 4.78 is 10.8. The van der Waals surface area contributed by atoms with Crippen LogP contribution in [-0.2, 0) is 16.1 Å². The van der Waals surface area contributed by atoms with Gasteiger partial charge in [-0.25, -0.2) is 0 Å². The van der Waals surface area contributed by atoms with E-state index < -0.39 is 0 Å². The van der Waals surface area contributed by atoms with Gasteiger partial charge >= 0.3 is 0 Å². The SMILES string of the molecule is COc1cccc(C[NH+](C)CC(=O)N(C)CC(=O)Nc2c(C)cccc2C)c1OC. The van der Waals surface area contributed by atoms with Gasteiger partial charge in [0, 0.05) is 12.7 Å². The molecule has 162 valence electrons. The largest absolute Gasteiger partial charge is 0.493 e. The van der Waals surface area contributed by atoms with Crippen LogP contribution >= 0.6 is 0 Å². The summed E-state index contributed by atoms with van der Waals surface area (Å²) in [7, 11) is 6.78. The monoisotopic (exact) mass is 414 g/mol. The minimum atomic E-state index is -0.213. The molecule has 1 unspecified atom stereocenters. The summed E-state index contributed by atoms with van der Waals surface area (Å²) in [4.78, 5) is 27.5. The quantitative estimate of drug-likeness (QED) is 0.651. The van der Waals surface area contributed by atoms with Crippen LogP contribution in [-0.4, -0.2) is 58.1 Å². The lowest BCUT2D eigenvalue weighted by molar-refractivity contribution is -0.885. The number of carbonyl (C=O) groups is 2. The lowest BCUT2D eigenvalue weighted by Gasteiger charge is -2.21. The van der Waals surface area contributed by atoms with Crippen LogP contribution in [0.3, 0.4) is 0 Å². The standard InChI is InChI=1S/C23H31N3O4/c1-16-9-7-10-17(2)22(16)24-20(27)14-26(4)21(28)15-25(3)13-18-11-8-12-19(29-5)23(18)30-6/h7-12H,13-15H2,1-6H3,(H,24,27)/p+1. The molecule has 2 N–H and O–H groups in total. The summed E-state index contributed by atoms with van der Waals surface area (Å²) in [6, 6.07) is 11.5. The van der Waals surface area contributed by atoms with Crippen LogP contribution < -0.4 is 19.7 Å². The van der Waals surface area contributed by atoms with E-state index in [1.54, 1.807) is 21.3 Å². The molecular weight excluding hydrogens is 382 g/mol. The van der Waals surface area contributed by atoms with Crippen LogP contribution in [0.5, 0.6) is 11.5 Å². The Hall–Kier alpha value is -3.06. The average molecular weight is 415 g/mol. The van der Waals surface area contributed by atoms with Crippen LogP contribution in [0.4, 0.5) is 5.69 Å².